The Morgan fingerprint density at radius 1 is 1.15 bits per heavy atom. The Morgan fingerprint density at radius 3 is 2.50 bits per heavy atom. The maximum atomic E-state index is 12.6. The largest absolute Gasteiger partial charge is 0.390 e. The summed E-state index contributed by atoms with van der Waals surface area (Å²) in [5.41, 5.74) is 2.01. The van der Waals surface area contributed by atoms with Gasteiger partial charge in [0.25, 0.3) is 0 Å². The molecular weight excluding hydrogens is 332 g/mol. The number of aliphatic hydroxyl groups excluding tert-OH is 2. The number of aromatic nitrogens is 2. The number of amides is 2. The molecule has 2 aliphatic rings. The summed E-state index contributed by atoms with van der Waals surface area (Å²) in [5, 5.41) is 22.7. The summed E-state index contributed by atoms with van der Waals surface area (Å²) in [6.07, 6.45) is 5.15. The first-order valence-electron chi connectivity index (χ1n) is 9.07. The zero-order valence-corrected chi connectivity index (χ0v) is 14.5. The molecule has 1 aliphatic heterocycles. The van der Waals surface area contributed by atoms with Gasteiger partial charge in [0.1, 0.15) is 0 Å². The van der Waals surface area contributed by atoms with Crippen LogP contribution in [0.3, 0.4) is 0 Å². The molecule has 26 heavy (non-hydrogen) atoms. The molecule has 3 N–H and O–H groups in total. The van der Waals surface area contributed by atoms with Crippen LogP contribution in [0, 0.1) is 11.8 Å². The van der Waals surface area contributed by atoms with E-state index in [1.807, 2.05) is 35.0 Å². The number of urea groups is 1. The van der Waals surface area contributed by atoms with Gasteiger partial charge in [-0.15, -0.1) is 0 Å². The van der Waals surface area contributed by atoms with Crippen LogP contribution >= 0.6 is 0 Å². The van der Waals surface area contributed by atoms with Crippen LogP contribution in [0.25, 0.3) is 5.69 Å². The zero-order valence-electron chi connectivity index (χ0n) is 14.5. The summed E-state index contributed by atoms with van der Waals surface area (Å²) in [6.45, 7) is 1.72. The molecule has 2 aromatic rings. The van der Waals surface area contributed by atoms with Gasteiger partial charge in [-0.25, -0.2) is 9.78 Å². The van der Waals surface area contributed by atoms with Crippen LogP contribution in [0.5, 0.6) is 0 Å². The highest BCUT2D eigenvalue weighted by molar-refractivity contribution is 5.74. The smallest absolute Gasteiger partial charge is 0.317 e. The van der Waals surface area contributed by atoms with Crippen molar-refractivity contribution >= 4 is 6.03 Å². The fourth-order valence-corrected chi connectivity index (χ4v) is 4.17. The standard InChI is InChI=1S/C19H24N4O3/c24-17-7-14-10-23(11-15(14)8-18(17)25)19(26)21-9-13-3-1-2-4-16(13)22-6-5-20-12-22/h1-6,12,14-15,17-18,24-25H,7-11H2,(H,21,26)/t14-,15+,17+,18-. The molecule has 2 fully saturated rings. The van der Waals surface area contributed by atoms with E-state index in [4.69, 9.17) is 0 Å². The van der Waals surface area contributed by atoms with Gasteiger partial charge in [-0.2, -0.15) is 0 Å². The van der Waals surface area contributed by atoms with E-state index in [-0.39, 0.29) is 17.9 Å². The molecule has 7 heteroatoms. The van der Waals surface area contributed by atoms with E-state index in [1.54, 1.807) is 17.4 Å². The molecule has 0 radical (unpaired) electrons. The van der Waals surface area contributed by atoms with Crippen molar-refractivity contribution in [3.8, 4) is 5.69 Å². The Kier molecular flexibility index (Phi) is 4.65. The number of likely N-dealkylation sites (tertiary alicyclic amines) is 1. The van der Waals surface area contributed by atoms with E-state index < -0.39 is 12.2 Å². The average Bonchev–Trinajstić information content (AvgIpc) is 3.30. The number of fused-ring (bicyclic) bond motifs is 1. The third-order valence-corrected chi connectivity index (χ3v) is 5.60. The number of hydrogen-bond acceptors (Lipinski definition) is 4. The lowest BCUT2D eigenvalue weighted by Gasteiger charge is -2.31. The topological polar surface area (TPSA) is 90.6 Å². The monoisotopic (exact) mass is 356 g/mol. The van der Waals surface area contributed by atoms with Gasteiger partial charge in [0.15, 0.2) is 0 Å². The first-order chi connectivity index (χ1) is 12.6. The number of nitrogens with zero attached hydrogens (tertiary/aromatic N) is 3. The molecule has 4 rings (SSSR count). The van der Waals surface area contributed by atoms with Gasteiger partial charge < -0.3 is 25.0 Å². The summed E-state index contributed by atoms with van der Waals surface area (Å²) in [7, 11) is 0. The summed E-state index contributed by atoms with van der Waals surface area (Å²) < 4.78 is 1.93. The minimum atomic E-state index is -0.665. The molecule has 1 saturated heterocycles. The maximum Gasteiger partial charge on any atom is 0.317 e. The van der Waals surface area contributed by atoms with Crippen molar-refractivity contribution in [1.29, 1.82) is 0 Å². The van der Waals surface area contributed by atoms with Crippen LogP contribution in [-0.4, -0.2) is 56.0 Å². The number of benzene rings is 1. The molecule has 0 spiro atoms. The number of hydrogen-bond donors (Lipinski definition) is 3. The average molecular weight is 356 g/mol. The highest BCUT2D eigenvalue weighted by atomic mass is 16.3. The number of nitrogens with one attached hydrogen (secondary N) is 1. The third kappa shape index (κ3) is 3.32. The second-order valence-electron chi connectivity index (χ2n) is 7.29. The fraction of sp³-hybridized carbons (Fsp3) is 0.474. The molecule has 7 nitrogen and oxygen atoms in total. The zero-order chi connectivity index (χ0) is 18.1. The molecule has 2 heterocycles. The molecule has 2 amide bonds. The Balaban J connectivity index is 1.38. The second-order valence-corrected chi connectivity index (χ2v) is 7.29. The van der Waals surface area contributed by atoms with Crippen molar-refractivity contribution in [2.24, 2.45) is 11.8 Å². The van der Waals surface area contributed by atoms with E-state index in [0.717, 1.165) is 11.3 Å². The van der Waals surface area contributed by atoms with Gasteiger partial charge in [0.2, 0.25) is 0 Å². The third-order valence-electron chi connectivity index (χ3n) is 5.60. The van der Waals surface area contributed by atoms with Gasteiger partial charge >= 0.3 is 6.03 Å². The maximum absolute atomic E-state index is 12.6. The summed E-state index contributed by atoms with van der Waals surface area (Å²) >= 11 is 0. The molecule has 138 valence electrons. The Hall–Kier alpha value is -2.38. The van der Waals surface area contributed by atoms with Gasteiger partial charge in [0.05, 0.1) is 24.2 Å². The quantitative estimate of drug-likeness (QED) is 0.769. The number of carbonyl (C=O) groups is 1. The predicted molar refractivity (Wildman–Crippen MR) is 95.6 cm³/mol. The van der Waals surface area contributed by atoms with Crippen LogP contribution in [0.4, 0.5) is 4.79 Å². The van der Waals surface area contributed by atoms with E-state index in [1.165, 1.54) is 0 Å². The van der Waals surface area contributed by atoms with Crippen LogP contribution in [0.2, 0.25) is 0 Å². The molecule has 0 unspecified atom stereocenters. The highest BCUT2D eigenvalue weighted by Gasteiger charge is 2.42. The molecule has 1 saturated carbocycles. The minimum Gasteiger partial charge on any atom is -0.390 e. The minimum absolute atomic E-state index is 0.0937. The first-order valence-corrected chi connectivity index (χ1v) is 9.07. The van der Waals surface area contributed by atoms with Crippen LogP contribution in [0.1, 0.15) is 18.4 Å². The van der Waals surface area contributed by atoms with E-state index in [9.17, 15) is 15.0 Å². The van der Waals surface area contributed by atoms with Gasteiger partial charge in [-0.05, 0) is 36.3 Å². The van der Waals surface area contributed by atoms with Gasteiger partial charge in [-0.3, -0.25) is 0 Å². The lowest BCUT2D eigenvalue weighted by atomic mass is 9.79. The Morgan fingerprint density at radius 2 is 1.85 bits per heavy atom. The molecule has 1 aromatic heterocycles. The lowest BCUT2D eigenvalue weighted by molar-refractivity contribution is -0.0372. The van der Waals surface area contributed by atoms with Crippen molar-refractivity contribution in [1.82, 2.24) is 19.8 Å². The van der Waals surface area contributed by atoms with Gasteiger partial charge in [0, 0.05) is 32.0 Å². The molecule has 1 aliphatic carbocycles. The first kappa shape index (κ1) is 17.1. The normalized spacial score (nSPS) is 28.0. The van der Waals surface area contributed by atoms with Crippen LogP contribution in [0.15, 0.2) is 43.0 Å². The predicted octanol–water partition coefficient (Wildman–Crippen LogP) is 1.15. The van der Waals surface area contributed by atoms with Crippen molar-refractivity contribution in [2.45, 2.75) is 31.6 Å². The number of aliphatic hydroxyl groups is 2. The molecular formula is C19H24N4O3. The van der Waals surface area contributed by atoms with Gasteiger partial charge in [-0.1, -0.05) is 18.2 Å². The molecule has 4 atom stereocenters. The highest BCUT2D eigenvalue weighted by Crippen LogP contribution is 2.36. The SMILES string of the molecule is O=C(NCc1ccccc1-n1ccnc1)N1C[C@H]2C[C@H](O)[C@H](O)C[C@H]2C1. The fourth-order valence-electron chi connectivity index (χ4n) is 4.17. The van der Waals surface area contributed by atoms with Crippen molar-refractivity contribution in [3.05, 3.63) is 48.5 Å². The second kappa shape index (κ2) is 7.09. The lowest BCUT2D eigenvalue weighted by Crippen LogP contribution is -2.38. The van der Waals surface area contributed by atoms with Crippen molar-refractivity contribution < 1.29 is 15.0 Å². The summed E-state index contributed by atoms with van der Waals surface area (Å²) in [6, 6.07) is 7.81. The number of imidazole rings is 1. The number of carbonyl (C=O) groups excluding carboxylic acids is 1. The van der Waals surface area contributed by atoms with E-state index in [2.05, 4.69) is 10.3 Å². The van der Waals surface area contributed by atoms with E-state index in [0.29, 0.717) is 32.5 Å². The van der Waals surface area contributed by atoms with Crippen LogP contribution < -0.4 is 5.32 Å². The number of rotatable bonds is 3. The van der Waals surface area contributed by atoms with Crippen molar-refractivity contribution in [3.63, 3.8) is 0 Å². The van der Waals surface area contributed by atoms with E-state index >= 15 is 0 Å². The Bertz CT molecular complexity index is 746. The summed E-state index contributed by atoms with van der Waals surface area (Å²) in [4.78, 5) is 18.5. The molecule has 0 bridgehead atoms. The van der Waals surface area contributed by atoms with Crippen molar-refractivity contribution in [2.75, 3.05) is 13.1 Å². The summed E-state index contributed by atoms with van der Waals surface area (Å²) in [5.74, 6) is 0.551. The van der Waals surface area contributed by atoms with Crippen LogP contribution in [-0.2, 0) is 6.54 Å². The number of para-hydroxylation sites is 1. The Labute approximate surface area is 152 Å². The molecule has 1 aromatic carbocycles.